The van der Waals surface area contributed by atoms with Crippen molar-refractivity contribution in [3.8, 4) is 0 Å². The van der Waals surface area contributed by atoms with Crippen LogP contribution in [0.15, 0.2) is 57.9 Å². The van der Waals surface area contributed by atoms with E-state index in [9.17, 15) is 0 Å². The molecule has 1 nitrogen and oxygen atoms in total. The first kappa shape index (κ1) is 13.7. The van der Waals surface area contributed by atoms with Gasteiger partial charge in [-0.15, -0.1) is 11.8 Å². The highest BCUT2D eigenvalue weighted by Crippen LogP contribution is 2.26. The monoisotopic (exact) mass is 321 g/mol. The van der Waals surface area contributed by atoms with Crippen molar-refractivity contribution in [1.29, 1.82) is 0 Å². The fraction of sp³-hybridized carbons (Fsp3) is 0.200. The zero-order valence-electron chi connectivity index (χ0n) is 10.3. The average molecular weight is 322 g/mol. The summed E-state index contributed by atoms with van der Waals surface area (Å²) in [4.78, 5) is 1.24. The largest absolute Gasteiger partial charge is 0.323 e. The predicted octanol–water partition coefficient (Wildman–Crippen LogP) is 4.55. The van der Waals surface area contributed by atoms with E-state index in [-0.39, 0.29) is 6.04 Å². The van der Waals surface area contributed by atoms with Crippen LogP contribution in [0, 0.1) is 6.92 Å². The molecule has 0 aliphatic heterocycles. The Hall–Kier alpha value is -0.770. The second kappa shape index (κ2) is 6.41. The summed E-state index contributed by atoms with van der Waals surface area (Å²) >= 11 is 5.27. The molecule has 0 aliphatic carbocycles. The minimum Gasteiger partial charge on any atom is -0.323 e. The SMILES string of the molecule is Cc1ccccc1C(N)CSc1cccc(Br)c1. The highest BCUT2D eigenvalue weighted by Gasteiger charge is 2.08. The topological polar surface area (TPSA) is 26.0 Å². The quantitative estimate of drug-likeness (QED) is 0.836. The van der Waals surface area contributed by atoms with Gasteiger partial charge in [-0.3, -0.25) is 0 Å². The maximum absolute atomic E-state index is 6.25. The first-order chi connectivity index (χ1) is 8.66. The molecule has 94 valence electrons. The lowest BCUT2D eigenvalue weighted by Gasteiger charge is -2.14. The van der Waals surface area contributed by atoms with Gasteiger partial charge < -0.3 is 5.73 Å². The van der Waals surface area contributed by atoms with E-state index < -0.39 is 0 Å². The summed E-state index contributed by atoms with van der Waals surface area (Å²) < 4.78 is 1.11. The zero-order valence-corrected chi connectivity index (χ0v) is 12.7. The molecule has 0 fully saturated rings. The van der Waals surface area contributed by atoms with Crippen LogP contribution in [-0.4, -0.2) is 5.75 Å². The van der Waals surface area contributed by atoms with E-state index in [2.05, 4.69) is 47.1 Å². The molecule has 3 heteroatoms. The molecule has 2 aromatic rings. The lowest BCUT2D eigenvalue weighted by Crippen LogP contribution is -2.14. The molecule has 2 N–H and O–H groups in total. The van der Waals surface area contributed by atoms with Gasteiger partial charge >= 0.3 is 0 Å². The van der Waals surface area contributed by atoms with E-state index in [1.807, 2.05) is 24.3 Å². The molecule has 0 spiro atoms. The first-order valence-electron chi connectivity index (χ1n) is 5.86. The number of hydrogen-bond acceptors (Lipinski definition) is 2. The van der Waals surface area contributed by atoms with Gasteiger partial charge in [0.1, 0.15) is 0 Å². The van der Waals surface area contributed by atoms with Gasteiger partial charge in [-0.2, -0.15) is 0 Å². The van der Waals surface area contributed by atoms with Gasteiger partial charge in [0.2, 0.25) is 0 Å². The van der Waals surface area contributed by atoms with Crippen LogP contribution in [0.2, 0.25) is 0 Å². The molecule has 2 rings (SSSR count). The maximum Gasteiger partial charge on any atom is 0.0392 e. The van der Waals surface area contributed by atoms with Crippen molar-refractivity contribution >= 4 is 27.7 Å². The van der Waals surface area contributed by atoms with Crippen molar-refractivity contribution < 1.29 is 0 Å². The van der Waals surface area contributed by atoms with E-state index in [0.717, 1.165) is 10.2 Å². The Balaban J connectivity index is 2.00. The Morgan fingerprint density at radius 3 is 2.67 bits per heavy atom. The van der Waals surface area contributed by atoms with Crippen LogP contribution in [0.4, 0.5) is 0 Å². The third-order valence-corrected chi connectivity index (χ3v) is 4.42. The summed E-state index contributed by atoms with van der Waals surface area (Å²) in [5, 5.41) is 0. The number of rotatable bonds is 4. The molecule has 0 aliphatic rings. The summed E-state index contributed by atoms with van der Waals surface area (Å²) in [6.45, 7) is 2.11. The van der Waals surface area contributed by atoms with Crippen LogP contribution in [0.25, 0.3) is 0 Å². The van der Waals surface area contributed by atoms with Crippen LogP contribution >= 0.6 is 27.7 Å². The average Bonchev–Trinajstić information content (AvgIpc) is 2.37. The van der Waals surface area contributed by atoms with Crippen molar-refractivity contribution in [3.05, 3.63) is 64.1 Å². The van der Waals surface area contributed by atoms with Gasteiger partial charge in [-0.25, -0.2) is 0 Å². The number of aryl methyl sites for hydroxylation is 1. The maximum atomic E-state index is 6.25. The van der Waals surface area contributed by atoms with Gasteiger partial charge in [0.25, 0.3) is 0 Å². The molecule has 2 aromatic carbocycles. The molecule has 1 unspecified atom stereocenters. The predicted molar refractivity (Wildman–Crippen MR) is 83.0 cm³/mol. The van der Waals surface area contributed by atoms with E-state index in [4.69, 9.17) is 5.73 Å². The summed E-state index contributed by atoms with van der Waals surface area (Å²) in [5.41, 5.74) is 8.75. The Labute approximate surface area is 121 Å². The van der Waals surface area contributed by atoms with E-state index in [0.29, 0.717) is 0 Å². The van der Waals surface area contributed by atoms with E-state index >= 15 is 0 Å². The third kappa shape index (κ3) is 3.61. The Morgan fingerprint density at radius 2 is 1.94 bits per heavy atom. The molecule has 0 amide bonds. The zero-order chi connectivity index (χ0) is 13.0. The van der Waals surface area contributed by atoms with Crippen molar-refractivity contribution in [3.63, 3.8) is 0 Å². The minimum atomic E-state index is 0.0789. The number of benzene rings is 2. The lowest BCUT2D eigenvalue weighted by atomic mass is 10.0. The Kier molecular flexibility index (Phi) is 4.87. The second-order valence-electron chi connectivity index (χ2n) is 4.23. The van der Waals surface area contributed by atoms with Crippen molar-refractivity contribution in [2.75, 3.05) is 5.75 Å². The lowest BCUT2D eigenvalue weighted by molar-refractivity contribution is 0.822. The fourth-order valence-electron chi connectivity index (χ4n) is 1.84. The van der Waals surface area contributed by atoms with Crippen molar-refractivity contribution in [2.45, 2.75) is 17.9 Å². The van der Waals surface area contributed by atoms with E-state index in [1.165, 1.54) is 16.0 Å². The van der Waals surface area contributed by atoms with Crippen LogP contribution in [0.3, 0.4) is 0 Å². The molecular formula is C15H16BrNS. The van der Waals surface area contributed by atoms with Gasteiger partial charge in [-0.1, -0.05) is 46.3 Å². The highest BCUT2D eigenvalue weighted by atomic mass is 79.9. The van der Waals surface area contributed by atoms with E-state index in [1.54, 1.807) is 11.8 Å². The van der Waals surface area contributed by atoms with Crippen LogP contribution in [0.1, 0.15) is 17.2 Å². The molecule has 0 saturated carbocycles. The third-order valence-electron chi connectivity index (χ3n) is 2.81. The highest BCUT2D eigenvalue weighted by molar-refractivity contribution is 9.10. The molecule has 0 heterocycles. The number of halogens is 1. The van der Waals surface area contributed by atoms with Gasteiger partial charge in [0.05, 0.1) is 0 Å². The molecule has 0 aromatic heterocycles. The summed E-state index contributed by atoms with van der Waals surface area (Å²) in [7, 11) is 0. The van der Waals surface area contributed by atoms with Gasteiger partial charge in [0.15, 0.2) is 0 Å². The Bertz CT molecular complexity index is 527. The van der Waals surface area contributed by atoms with Crippen molar-refractivity contribution in [1.82, 2.24) is 0 Å². The number of thioether (sulfide) groups is 1. The summed E-state index contributed by atoms with van der Waals surface area (Å²) in [5.74, 6) is 0.890. The molecule has 0 radical (unpaired) electrons. The van der Waals surface area contributed by atoms with Crippen LogP contribution < -0.4 is 5.73 Å². The molecule has 18 heavy (non-hydrogen) atoms. The molecule has 0 saturated heterocycles. The minimum absolute atomic E-state index is 0.0789. The second-order valence-corrected chi connectivity index (χ2v) is 6.24. The summed E-state index contributed by atoms with van der Waals surface area (Å²) in [6, 6.07) is 16.7. The van der Waals surface area contributed by atoms with Crippen LogP contribution in [0.5, 0.6) is 0 Å². The first-order valence-corrected chi connectivity index (χ1v) is 7.64. The number of nitrogens with two attached hydrogens (primary N) is 1. The van der Waals surface area contributed by atoms with Crippen molar-refractivity contribution in [2.24, 2.45) is 5.73 Å². The normalized spacial score (nSPS) is 12.4. The van der Waals surface area contributed by atoms with Gasteiger partial charge in [0, 0.05) is 21.2 Å². The summed E-state index contributed by atoms with van der Waals surface area (Å²) in [6.07, 6.45) is 0. The molecule has 0 bridgehead atoms. The standard InChI is InChI=1S/C15H16BrNS/c1-11-5-2-3-8-14(11)15(17)10-18-13-7-4-6-12(16)9-13/h2-9,15H,10,17H2,1H3. The Morgan fingerprint density at radius 1 is 1.17 bits per heavy atom. The van der Waals surface area contributed by atoms with Crippen LogP contribution in [-0.2, 0) is 0 Å². The number of hydrogen-bond donors (Lipinski definition) is 1. The smallest absolute Gasteiger partial charge is 0.0392 e. The van der Waals surface area contributed by atoms with Gasteiger partial charge in [-0.05, 0) is 36.2 Å². The molecule has 1 atom stereocenters. The fourth-order valence-corrected chi connectivity index (χ4v) is 3.32. The molecular weight excluding hydrogens is 306 g/mol.